The van der Waals surface area contributed by atoms with Crippen molar-refractivity contribution in [2.24, 2.45) is 0 Å². The van der Waals surface area contributed by atoms with Crippen LogP contribution >= 0.6 is 0 Å². The number of alkyl halides is 5. The molecule has 2 atom stereocenters. The Labute approximate surface area is 148 Å². The number of ether oxygens (including phenoxy) is 1. The first kappa shape index (κ1) is 17.7. The van der Waals surface area contributed by atoms with Gasteiger partial charge in [0.25, 0.3) is 0 Å². The number of hydrogen-bond acceptors (Lipinski definition) is 3. The van der Waals surface area contributed by atoms with Gasteiger partial charge in [-0.3, -0.25) is 0 Å². The molecule has 0 spiro atoms. The predicted octanol–water partition coefficient (Wildman–Crippen LogP) is 4.31. The summed E-state index contributed by atoms with van der Waals surface area (Å²) in [6.07, 6.45) is -3.46. The molecule has 0 amide bonds. The number of nitriles is 1. The van der Waals surface area contributed by atoms with E-state index in [2.05, 4.69) is 0 Å². The van der Waals surface area contributed by atoms with Gasteiger partial charge < -0.3 is 9.84 Å². The van der Waals surface area contributed by atoms with E-state index in [1.165, 1.54) is 0 Å². The maximum absolute atomic E-state index is 14.3. The van der Waals surface area contributed by atoms with Crippen LogP contribution in [0, 0.1) is 17.1 Å². The van der Waals surface area contributed by atoms with Crippen LogP contribution in [0.2, 0.25) is 0 Å². The summed E-state index contributed by atoms with van der Waals surface area (Å²) >= 11 is 0. The first-order valence-corrected chi connectivity index (χ1v) is 7.71. The van der Waals surface area contributed by atoms with E-state index in [4.69, 9.17) is 10.00 Å². The number of aliphatic hydroxyl groups is 1. The minimum atomic E-state index is -5.04. The lowest BCUT2D eigenvalue weighted by Crippen LogP contribution is -2.53. The highest BCUT2D eigenvalue weighted by Gasteiger charge is 2.81. The van der Waals surface area contributed by atoms with Crippen LogP contribution in [-0.2, 0) is 17.9 Å². The van der Waals surface area contributed by atoms with E-state index in [1.807, 2.05) is 0 Å². The topological polar surface area (TPSA) is 53.2 Å². The summed E-state index contributed by atoms with van der Waals surface area (Å²) in [7, 11) is 0. The molecule has 2 aliphatic rings. The molecule has 0 bridgehead atoms. The molecular weight excluding hydrogens is 376 g/mol. The summed E-state index contributed by atoms with van der Waals surface area (Å²) in [6.45, 7) is 0. The van der Waals surface area contributed by atoms with E-state index in [9.17, 15) is 31.4 Å². The van der Waals surface area contributed by atoms with Crippen molar-refractivity contribution in [3.63, 3.8) is 0 Å². The number of hydrogen-bond donors (Lipinski definition) is 1. The van der Waals surface area contributed by atoms with Crippen molar-refractivity contribution in [3.05, 3.63) is 58.4 Å². The second-order valence-corrected chi connectivity index (χ2v) is 6.44. The molecule has 0 heterocycles. The Morgan fingerprint density at radius 3 is 2.52 bits per heavy atom. The largest absolute Gasteiger partial charge is 0.457 e. The molecular formula is C18H9F6NO2. The standard InChI is InChI=1S/C18H9F6NO2/c19-9-3-8(7-25)4-10(5-9)27-13-2-1-12-15-11(13)6-14(20)16(15,26)18(23,24)17(12,21)22/h1-5,14,26H,6H2/t14?,16-/m1/s1. The van der Waals surface area contributed by atoms with Crippen molar-refractivity contribution >= 4 is 0 Å². The summed E-state index contributed by atoms with van der Waals surface area (Å²) in [5, 5.41) is 19.0. The summed E-state index contributed by atoms with van der Waals surface area (Å²) < 4.78 is 89.8. The number of nitrogens with zero attached hydrogens (tertiary/aromatic N) is 1. The van der Waals surface area contributed by atoms with Gasteiger partial charge in [0.2, 0.25) is 0 Å². The fourth-order valence-electron chi connectivity index (χ4n) is 3.68. The highest BCUT2D eigenvalue weighted by Crippen LogP contribution is 2.66. The van der Waals surface area contributed by atoms with Gasteiger partial charge in [0.15, 0.2) is 5.60 Å². The van der Waals surface area contributed by atoms with Gasteiger partial charge in [0.05, 0.1) is 11.6 Å². The van der Waals surface area contributed by atoms with E-state index in [1.54, 1.807) is 6.07 Å². The molecule has 1 unspecified atom stereocenters. The van der Waals surface area contributed by atoms with Gasteiger partial charge in [-0.2, -0.15) is 22.8 Å². The molecule has 0 saturated carbocycles. The van der Waals surface area contributed by atoms with Crippen LogP contribution in [0.4, 0.5) is 26.3 Å². The molecule has 4 rings (SSSR count). The smallest absolute Gasteiger partial charge is 0.349 e. The van der Waals surface area contributed by atoms with Gasteiger partial charge in [-0.05, 0) is 24.3 Å². The summed E-state index contributed by atoms with van der Waals surface area (Å²) in [5.41, 5.74) is -6.20. The fraction of sp³-hybridized carbons (Fsp3) is 0.278. The predicted molar refractivity (Wildman–Crippen MR) is 79.0 cm³/mol. The van der Waals surface area contributed by atoms with Crippen LogP contribution in [0.15, 0.2) is 30.3 Å². The maximum Gasteiger partial charge on any atom is 0.349 e. The Hall–Kier alpha value is -2.73. The quantitative estimate of drug-likeness (QED) is 0.784. The van der Waals surface area contributed by atoms with Gasteiger partial charge in [-0.25, -0.2) is 8.78 Å². The number of halogens is 6. The van der Waals surface area contributed by atoms with Crippen LogP contribution in [0.5, 0.6) is 11.5 Å². The molecule has 9 heteroatoms. The van der Waals surface area contributed by atoms with Crippen LogP contribution < -0.4 is 4.74 Å². The molecule has 2 aromatic carbocycles. The van der Waals surface area contributed by atoms with Crippen molar-refractivity contribution in [1.29, 1.82) is 5.26 Å². The molecule has 0 radical (unpaired) electrons. The molecule has 1 N–H and O–H groups in total. The van der Waals surface area contributed by atoms with Crippen LogP contribution in [-0.4, -0.2) is 17.2 Å². The molecule has 0 saturated heterocycles. The normalized spacial score (nSPS) is 26.5. The van der Waals surface area contributed by atoms with E-state index >= 15 is 0 Å². The van der Waals surface area contributed by atoms with Crippen molar-refractivity contribution < 1.29 is 36.2 Å². The Bertz CT molecular complexity index is 1020. The Balaban J connectivity index is 1.87. The highest BCUT2D eigenvalue weighted by molar-refractivity contribution is 5.60. The monoisotopic (exact) mass is 385 g/mol. The maximum atomic E-state index is 14.3. The first-order valence-electron chi connectivity index (χ1n) is 7.71. The average molecular weight is 385 g/mol. The SMILES string of the molecule is N#Cc1cc(F)cc(Oc2ccc3c4c2CC(F)[C@]4(O)C(F)(F)C3(F)F)c1. The second-order valence-electron chi connectivity index (χ2n) is 6.44. The third-order valence-corrected chi connectivity index (χ3v) is 4.93. The lowest BCUT2D eigenvalue weighted by Gasteiger charge is -2.31. The van der Waals surface area contributed by atoms with Gasteiger partial charge in [-0.15, -0.1) is 0 Å². The Kier molecular flexibility index (Phi) is 3.38. The molecule has 3 nitrogen and oxygen atoms in total. The van der Waals surface area contributed by atoms with E-state index in [0.29, 0.717) is 6.07 Å². The third-order valence-electron chi connectivity index (χ3n) is 4.93. The molecule has 27 heavy (non-hydrogen) atoms. The van der Waals surface area contributed by atoms with E-state index in [-0.39, 0.29) is 22.6 Å². The lowest BCUT2D eigenvalue weighted by atomic mass is 9.93. The van der Waals surface area contributed by atoms with E-state index < -0.39 is 47.0 Å². The van der Waals surface area contributed by atoms with Gasteiger partial charge >= 0.3 is 11.8 Å². The van der Waals surface area contributed by atoms with E-state index in [0.717, 1.165) is 24.3 Å². The molecule has 2 aliphatic carbocycles. The number of rotatable bonds is 2. The second kappa shape index (κ2) is 5.16. The molecule has 140 valence electrons. The molecule has 0 fully saturated rings. The van der Waals surface area contributed by atoms with Crippen molar-refractivity contribution in [3.8, 4) is 17.6 Å². The minimum Gasteiger partial charge on any atom is -0.457 e. The zero-order chi connectivity index (χ0) is 19.8. The summed E-state index contributed by atoms with van der Waals surface area (Å²) in [6, 6.07) is 6.19. The van der Waals surface area contributed by atoms with Crippen LogP contribution in [0.25, 0.3) is 0 Å². The van der Waals surface area contributed by atoms with Crippen molar-refractivity contribution in [1.82, 2.24) is 0 Å². The van der Waals surface area contributed by atoms with Crippen LogP contribution in [0.3, 0.4) is 0 Å². The van der Waals surface area contributed by atoms with Gasteiger partial charge in [-0.1, -0.05) is 0 Å². The summed E-state index contributed by atoms with van der Waals surface area (Å²) in [5.74, 6) is -11.1. The molecule has 0 aromatic heterocycles. The van der Waals surface area contributed by atoms with Crippen molar-refractivity contribution in [2.75, 3.05) is 0 Å². The Morgan fingerprint density at radius 1 is 1.15 bits per heavy atom. The third kappa shape index (κ3) is 2.02. The molecule has 0 aliphatic heterocycles. The molecule has 2 aromatic rings. The van der Waals surface area contributed by atoms with Crippen molar-refractivity contribution in [2.45, 2.75) is 30.0 Å². The van der Waals surface area contributed by atoms with Gasteiger partial charge in [0, 0.05) is 29.2 Å². The first-order chi connectivity index (χ1) is 12.5. The zero-order valence-electron chi connectivity index (χ0n) is 13.2. The fourth-order valence-corrected chi connectivity index (χ4v) is 3.68. The number of benzene rings is 2. The summed E-state index contributed by atoms with van der Waals surface area (Å²) in [4.78, 5) is 0. The van der Waals surface area contributed by atoms with Crippen LogP contribution in [0.1, 0.15) is 22.3 Å². The minimum absolute atomic E-state index is 0.0967. The Morgan fingerprint density at radius 2 is 1.85 bits per heavy atom. The lowest BCUT2D eigenvalue weighted by molar-refractivity contribution is -0.298. The average Bonchev–Trinajstić information content (AvgIpc) is 2.93. The zero-order valence-corrected chi connectivity index (χ0v) is 13.2. The van der Waals surface area contributed by atoms with Gasteiger partial charge in [0.1, 0.15) is 23.5 Å². The highest BCUT2D eigenvalue weighted by atomic mass is 19.3.